The lowest BCUT2D eigenvalue weighted by Gasteiger charge is -2.18. The lowest BCUT2D eigenvalue weighted by atomic mass is 10.1. The van der Waals surface area contributed by atoms with Gasteiger partial charge in [0.05, 0.1) is 6.21 Å². The monoisotopic (exact) mass is 389 g/mol. The minimum absolute atomic E-state index is 0.00601. The molecule has 142 valence electrons. The highest BCUT2D eigenvalue weighted by molar-refractivity contribution is 7.80. The van der Waals surface area contributed by atoms with E-state index in [1.165, 1.54) is 23.9 Å². The Balaban J connectivity index is 1.60. The normalized spacial score (nSPS) is 17.3. The minimum atomic E-state index is -0.659. The number of nitrogens with two attached hydrogens (primary N) is 1. The van der Waals surface area contributed by atoms with Crippen LogP contribution in [0.5, 0.6) is 0 Å². The van der Waals surface area contributed by atoms with E-state index in [1.807, 2.05) is 18.2 Å². The number of benzene rings is 2. The smallest absolute Gasteiger partial charge is 0.184 e. The molecule has 0 radical (unpaired) electrons. The molecule has 2 aromatic rings. The zero-order valence-electron chi connectivity index (χ0n) is 14.7. The molecule has 5 nitrogen and oxygen atoms in total. The van der Waals surface area contributed by atoms with Crippen molar-refractivity contribution in [2.45, 2.75) is 19.0 Å². The first-order valence-electron chi connectivity index (χ1n) is 8.61. The first-order chi connectivity index (χ1) is 13.0. The van der Waals surface area contributed by atoms with Crippen LogP contribution in [0.3, 0.4) is 0 Å². The summed E-state index contributed by atoms with van der Waals surface area (Å²) in [7, 11) is 0. The van der Waals surface area contributed by atoms with Gasteiger partial charge in [-0.3, -0.25) is 10.3 Å². The molecule has 27 heavy (non-hydrogen) atoms. The summed E-state index contributed by atoms with van der Waals surface area (Å²) in [5.74, 6) is -1.32. The molecule has 1 aliphatic heterocycles. The summed E-state index contributed by atoms with van der Waals surface area (Å²) in [5.41, 5.74) is 8.97. The van der Waals surface area contributed by atoms with E-state index in [2.05, 4.69) is 45.1 Å². The summed E-state index contributed by atoms with van der Waals surface area (Å²) in [4.78, 5) is 2.27. The number of hydrazone groups is 1. The number of nitrogens with zero attached hydrogens (tertiary/aromatic N) is 2. The Labute approximate surface area is 162 Å². The number of rotatable bonds is 6. The Morgan fingerprint density at radius 3 is 2.63 bits per heavy atom. The number of hydrogen-bond donors (Lipinski definition) is 3. The average Bonchev–Trinajstić information content (AvgIpc) is 3.06. The maximum Gasteiger partial charge on any atom is 0.184 e. The fraction of sp³-hybridized carbons (Fsp3) is 0.263. The fourth-order valence-corrected chi connectivity index (χ4v) is 3.17. The maximum atomic E-state index is 14.3. The van der Waals surface area contributed by atoms with Crippen LogP contribution in [0.2, 0.25) is 0 Å². The molecule has 0 bridgehead atoms. The number of hydrogen-bond acceptors (Lipinski definition) is 4. The molecular weight excluding hydrogens is 368 g/mol. The van der Waals surface area contributed by atoms with Gasteiger partial charge in [-0.15, -0.1) is 0 Å². The Bertz CT molecular complexity index is 805. The summed E-state index contributed by atoms with van der Waals surface area (Å²) in [6.07, 6.45) is 2.08. The largest absolute Gasteiger partial charge is 0.376 e. The topological polar surface area (TPSA) is 65.7 Å². The molecule has 1 aliphatic rings. The predicted octanol–water partition coefficient (Wildman–Crippen LogP) is 2.82. The van der Waals surface area contributed by atoms with Gasteiger partial charge in [-0.05, 0) is 36.3 Å². The summed E-state index contributed by atoms with van der Waals surface area (Å²) < 4.78 is 28.7. The second-order valence-electron chi connectivity index (χ2n) is 6.44. The van der Waals surface area contributed by atoms with Crippen LogP contribution in [0, 0.1) is 11.6 Å². The van der Waals surface area contributed by atoms with Gasteiger partial charge in [0.1, 0.15) is 17.3 Å². The quantitative estimate of drug-likeness (QED) is 0.403. The molecule has 1 fully saturated rings. The van der Waals surface area contributed by atoms with E-state index in [1.54, 1.807) is 0 Å². The molecule has 0 aromatic heterocycles. The average molecular weight is 389 g/mol. The predicted molar refractivity (Wildman–Crippen MR) is 108 cm³/mol. The number of halogens is 2. The fourth-order valence-electron chi connectivity index (χ4n) is 3.12. The van der Waals surface area contributed by atoms with Crippen molar-refractivity contribution >= 4 is 29.2 Å². The summed E-state index contributed by atoms with van der Waals surface area (Å²) in [6, 6.07) is 12.6. The van der Waals surface area contributed by atoms with Crippen molar-refractivity contribution in [3.8, 4) is 0 Å². The number of thiocarbonyl (C=S) groups is 1. The van der Waals surface area contributed by atoms with Gasteiger partial charge in [-0.1, -0.05) is 30.3 Å². The lowest BCUT2D eigenvalue weighted by molar-refractivity contribution is 0.328. The SMILES string of the molecule is NC(=S)N/N=C/c1cc(F)c(N[C@@H]2CCN(Cc3ccccc3)C2)c(F)c1. The number of likely N-dealkylation sites (tertiary alicyclic amines) is 1. The minimum Gasteiger partial charge on any atom is -0.376 e. The van der Waals surface area contributed by atoms with Crippen molar-refractivity contribution in [1.82, 2.24) is 10.3 Å². The van der Waals surface area contributed by atoms with E-state index in [0.29, 0.717) is 0 Å². The van der Waals surface area contributed by atoms with Crippen LogP contribution >= 0.6 is 12.2 Å². The summed E-state index contributed by atoms with van der Waals surface area (Å²) >= 11 is 4.60. The van der Waals surface area contributed by atoms with E-state index in [0.717, 1.165) is 26.1 Å². The molecule has 4 N–H and O–H groups in total. The lowest BCUT2D eigenvalue weighted by Crippen LogP contribution is -2.26. The van der Waals surface area contributed by atoms with Crippen LogP contribution in [0.1, 0.15) is 17.5 Å². The van der Waals surface area contributed by atoms with Crippen molar-refractivity contribution in [3.05, 3.63) is 65.2 Å². The summed E-state index contributed by atoms with van der Waals surface area (Å²) in [6.45, 7) is 2.44. The molecule has 1 heterocycles. The van der Waals surface area contributed by atoms with E-state index >= 15 is 0 Å². The van der Waals surface area contributed by atoms with Crippen LogP contribution in [-0.2, 0) is 6.54 Å². The third-order valence-electron chi connectivity index (χ3n) is 4.32. The van der Waals surface area contributed by atoms with Crippen molar-refractivity contribution in [3.63, 3.8) is 0 Å². The van der Waals surface area contributed by atoms with Crippen molar-refractivity contribution in [1.29, 1.82) is 0 Å². The molecule has 0 spiro atoms. The third-order valence-corrected chi connectivity index (χ3v) is 4.41. The van der Waals surface area contributed by atoms with Crippen LogP contribution in [0.4, 0.5) is 14.5 Å². The second kappa shape index (κ2) is 8.88. The molecule has 8 heteroatoms. The summed E-state index contributed by atoms with van der Waals surface area (Å²) in [5, 5.41) is 6.69. The Kier molecular flexibility index (Phi) is 6.31. The number of anilines is 1. The van der Waals surface area contributed by atoms with Crippen LogP contribution in [-0.4, -0.2) is 35.4 Å². The van der Waals surface area contributed by atoms with Gasteiger partial charge in [0.15, 0.2) is 5.11 Å². The zero-order chi connectivity index (χ0) is 19.2. The molecular formula is C19H21F2N5S. The molecule has 2 aromatic carbocycles. The van der Waals surface area contributed by atoms with Gasteiger partial charge in [0, 0.05) is 31.2 Å². The molecule has 1 atom stereocenters. The third kappa shape index (κ3) is 5.45. The Hall–Kier alpha value is -2.58. The Morgan fingerprint density at radius 1 is 1.26 bits per heavy atom. The second-order valence-corrected chi connectivity index (χ2v) is 6.88. The highest BCUT2D eigenvalue weighted by atomic mass is 32.1. The van der Waals surface area contributed by atoms with Crippen LogP contribution < -0.4 is 16.5 Å². The van der Waals surface area contributed by atoms with Crippen LogP contribution in [0.15, 0.2) is 47.6 Å². The van der Waals surface area contributed by atoms with Crippen molar-refractivity contribution in [2.24, 2.45) is 10.8 Å². The van der Waals surface area contributed by atoms with E-state index in [-0.39, 0.29) is 22.4 Å². The standard InChI is InChI=1S/C19H21F2N5S/c20-16-8-14(10-23-25-19(22)27)9-17(21)18(16)24-15-6-7-26(12-15)11-13-4-2-1-3-5-13/h1-5,8-10,15,24H,6-7,11-12H2,(H3,22,25,27)/b23-10+/t15-/m1/s1. The van der Waals surface area contributed by atoms with Crippen LogP contribution in [0.25, 0.3) is 0 Å². The number of nitrogens with one attached hydrogen (secondary N) is 2. The van der Waals surface area contributed by atoms with Crippen molar-refractivity contribution in [2.75, 3.05) is 18.4 Å². The highest BCUT2D eigenvalue weighted by Gasteiger charge is 2.24. The van der Waals surface area contributed by atoms with Gasteiger partial charge >= 0.3 is 0 Å². The maximum absolute atomic E-state index is 14.3. The van der Waals surface area contributed by atoms with Gasteiger partial charge in [0.25, 0.3) is 0 Å². The van der Waals surface area contributed by atoms with Gasteiger partial charge in [-0.25, -0.2) is 8.78 Å². The molecule has 0 saturated carbocycles. The first kappa shape index (κ1) is 19.2. The Morgan fingerprint density at radius 2 is 1.96 bits per heavy atom. The van der Waals surface area contributed by atoms with Gasteiger partial charge in [-0.2, -0.15) is 5.10 Å². The zero-order valence-corrected chi connectivity index (χ0v) is 15.5. The molecule has 1 saturated heterocycles. The van der Waals surface area contributed by atoms with Gasteiger partial charge < -0.3 is 11.1 Å². The molecule has 3 rings (SSSR count). The first-order valence-corrected chi connectivity index (χ1v) is 9.02. The molecule has 0 aliphatic carbocycles. The van der Waals surface area contributed by atoms with E-state index in [4.69, 9.17) is 5.73 Å². The highest BCUT2D eigenvalue weighted by Crippen LogP contribution is 2.24. The molecule has 0 amide bonds. The van der Waals surface area contributed by atoms with E-state index < -0.39 is 11.6 Å². The molecule has 0 unspecified atom stereocenters. The van der Waals surface area contributed by atoms with Crippen molar-refractivity contribution < 1.29 is 8.78 Å². The van der Waals surface area contributed by atoms with E-state index in [9.17, 15) is 8.78 Å². The van der Waals surface area contributed by atoms with Gasteiger partial charge in [0.2, 0.25) is 0 Å².